The molecule has 0 unspecified atom stereocenters. The highest BCUT2D eigenvalue weighted by Crippen LogP contribution is 2.23. The average molecular weight is 330 g/mol. The molecule has 0 saturated carbocycles. The Bertz CT molecular complexity index is 704. The van der Waals surface area contributed by atoms with E-state index in [4.69, 9.17) is 11.6 Å². The Labute approximate surface area is 139 Å². The van der Waals surface area contributed by atoms with Crippen LogP contribution in [0.2, 0.25) is 5.02 Å². The van der Waals surface area contributed by atoms with Gasteiger partial charge in [0.1, 0.15) is 0 Å². The predicted molar refractivity (Wildman–Crippen MR) is 88.3 cm³/mol. The second-order valence-electron chi connectivity index (χ2n) is 5.49. The number of nitrogens with zero attached hydrogens (tertiary/aromatic N) is 2. The third-order valence-electron chi connectivity index (χ3n) is 3.72. The molecule has 5 nitrogen and oxygen atoms in total. The van der Waals surface area contributed by atoms with Crippen LogP contribution in [0.4, 0.5) is 5.69 Å². The molecule has 1 saturated heterocycles. The van der Waals surface area contributed by atoms with Crippen LogP contribution < -0.4 is 10.2 Å². The number of hydrogen-bond acceptors (Lipinski definition) is 3. The molecule has 0 spiro atoms. The largest absolute Gasteiger partial charge is 0.351 e. The minimum absolute atomic E-state index is 0.000926. The van der Waals surface area contributed by atoms with E-state index in [0.29, 0.717) is 18.0 Å². The van der Waals surface area contributed by atoms with Crippen molar-refractivity contribution in [3.8, 4) is 0 Å². The van der Waals surface area contributed by atoms with Gasteiger partial charge in [0.15, 0.2) is 0 Å². The molecule has 0 bridgehead atoms. The van der Waals surface area contributed by atoms with Crippen molar-refractivity contribution in [2.24, 2.45) is 0 Å². The number of pyridine rings is 1. The van der Waals surface area contributed by atoms with Gasteiger partial charge in [-0.2, -0.15) is 0 Å². The van der Waals surface area contributed by atoms with Crippen molar-refractivity contribution in [3.05, 3.63) is 59.4 Å². The summed E-state index contributed by atoms with van der Waals surface area (Å²) in [7, 11) is 0. The maximum Gasteiger partial charge on any atom is 0.229 e. The molecule has 2 amide bonds. The summed E-state index contributed by atoms with van der Waals surface area (Å²) in [6.07, 6.45) is 3.90. The molecule has 1 aliphatic rings. The zero-order valence-electron chi connectivity index (χ0n) is 12.4. The summed E-state index contributed by atoms with van der Waals surface area (Å²) in [6.45, 7) is 0.471. The van der Waals surface area contributed by atoms with Gasteiger partial charge in [0.05, 0.1) is 12.5 Å². The molecule has 23 heavy (non-hydrogen) atoms. The molecule has 118 valence electrons. The predicted octanol–water partition coefficient (Wildman–Crippen LogP) is 2.20. The van der Waals surface area contributed by atoms with Crippen LogP contribution in [-0.2, 0) is 16.0 Å². The number of amides is 2. The van der Waals surface area contributed by atoms with Crippen LogP contribution in [0.5, 0.6) is 0 Å². The molecule has 6 heteroatoms. The SMILES string of the molecule is O=C(Cc1cccnc1)N[C@@H]1CC(=O)N(c2ccc(Cl)cc2)C1. The van der Waals surface area contributed by atoms with E-state index < -0.39 is 0 Å². The van der Waals surface area contributed by atoms with Crippen LogP contribution in [0.15, 0.2) is 48.8 Å². The summed E-state index contributed by atoms with van der Waals surface area (Å²) in [4.78, 5) is 29.9. The number of aromatic nitrogens is 1. The quantitative estimate of drug-likeness (QED) is 0.935. The molecule has 3 rings (SSSR count). The van der Waals surface area contributed by atoms with E-state index in [0.717, 1.165) is 11.3 Å². The summed E-state index contributed by atoms with van der Waals surface area (Å²) < 4.78 is 0. The fourth-order valence-electron chi connectivity index (χ4n) is 2.64. The van der Waals surface area contributed by atoms with Gasteiger partial charge >= 0.3 is 0 Å². The monoisotopic (exact) mass is 329 g/mol. The van der Waals surface area contributed by atoms with E-state index in [1.54, 1.807) is 47.6 Å². The van der Waals surface area contributed by atoms with E-state index >= 15 is 0 Å². The van der Waals surface area contributed by atoms with Crippen molar-refractivity contribution in [3.63, 3.8) is 0 Å². The lowest BCUT2D eigenvalue weighted by atomic mass is 10.2. The van der Waals surface area contributed by atoms with Gasteiger partial charge < -0.3 is 10.2 Å². The molecule has 0 radical (unpaired) electrons. The Kier molecular flexibility index (Phi) is 4.57. The van der Waals surface area contributed by atoms with E-state index in [9.17, 15) is 9.59 Å². The fourth-order valence-corrected chi connectivity index (χ4v) is 2.77. The number of halogens is 1. The summed E-state index contributed by atoms with van der Waals surface area (Å²) in [6, 6.07) is 10.6. The zero-order chi connectivity index (χ0) is 16.2. The number of carbonyl (C=O) groups excluding carboxylic acids is 2. The highest BCUT2D eigenvalue weighted by molar-refractivity contribution is 6.30. The second kappa shape index (κ2) is 6.79. The minimum atomic E-state index is -0.178. The number of benzene rings is 1. The molecule has 2 aromatic rings. The van der Waals surface area contributed by atoms with Gasteiger partial charge in [-0.15, -0.1) is 0 Å². The number of hydrogen-bond donors (Lipinski definition) is 1. The number of nitrogens with one attached hydrogen (secondary N) is 1. The van der Waals surface area contributed by atoms with Crippen molar-refractivity contribution in [2.75, 3.05) is 11.4 Å². The van der Waals surface area contributed by atoms with E-state index in [1.807, 2.05) is 6.07 Å². The highest BCUT2D eigenvalue weighted by Gasteiger charge is 2.31. The lowest BCUT2D eigenvalue weighted by Crippen LogP contribution is -2.38. The molecule has 1 aromatic carbocycles. The second-order valence-corrected chi connectivity index (χ2v) is 5.92. The molecular weight excluding hydrogens is 314 g/mol. The van der Waals surface area contributed by atoms with Crippen LogP contribution >= 0.6 is 11.6 Å². The van der Waals surface area contributed by atoms with Gasteiger partial charge in [-0.3, -0.25) is 14.6 Å². The van der Waals surface area contributed by atoms with Crippen LogP contribution in [0, 0.1) is 0 Å². The Morgan fingerprint density at radius 1 is 1.30 bits per heavy atom. The first-order valence-electron chi connectivity index (χ1n) is 7.36. The van der Waals surface area contributed by atoms with Gasteiger partial charge in [-0.05, 0) is 35.9 Å². The normalized spacial score (nSPS) is 17.3. The summed E-state index contributed by atoms with van der Waals surface area (Å²) in [5.74, 6) is -0.104. The van der Waals surface area contributed by atoms with Gasteiger partial charge in [-0.25, -0.2) is 0 Å². The summed E-state index contributed by atoms with van der Waals surface area (Å²) >= 11 is 5.86. The molecule has 1 aromatic heterocycles. The van der Waals surface area contributed by atoms with E-state index in [-0.39, 0.29) is 24.3 Å². The van der Waals surface area contributed by atoms with Crippen LogP contribution in [0.3, 0.4) is 0 Å². The highest BCUT2D eigenvalue weighted by atomic mass is 35.5. The lowest BCUT2D eigenvalue weighted by molar-refractivity contribution is -0.121. The van der Waals surface area contributed by atoms with Crippen molar-refractivity contribution in [2.45, 2.75) is 18.9 Å². The summed E-state index contributed by atoms with van der Waals surface area (Å²) in [5, 5.41) is 3.54. The summed E-state index contributed by atoms with van der Waals surface area (Å²) in [5.41, 5.74) is 1.65. The number of rotatable bonds is 4. The van der Waals surface area contributed by atoms with Gasteiger partial charge in [0.2, 0.25) is 11.8 Å². The van der Waals surface area contributed by atoms with Crippen molar-refractivity contribution in [1.29, 1.82) is 0 Å². The Hall–Kier alpha value is -2.40. The first-order chi connectivity index (χ1) is 11.1. The Morgan fingerprint density at radius 3 is 2.78 bits per heavy atom. The zero-order valence-corrected chi connectivity index (χ0v) is 13.2. The van der Waals surface area contributed by atoms with Crippen molar-refractivity contribution in [1.82, 2.24) is 10.3 Å². The minimum Gasteiger partial charge on any atom is -0.351 e. The molecule has 1 atom stereocenters. The standard InChI is InChI=1S/C17H16ClN3O2/c18-13-3-5-15(6-4-13)21-11-14(9-17(21)23)20-16(22)8-12-2-1-7-19-10-12/h1-7,10,14H,8-9,11H2,(H,20,22)/t14-/m1/s1. The smallest absolute Gasteiger partial charge is 0.229 e. The first-order valence-corrected chi connectivity index (χ1v) is 7.74. The number of anilines is 1. The Morgan fingerprint density at radius 2 is 2.09 bits per heavy atom. The van der Waals surface area contributed by atoms with Crippen molar-refractivity contribution < 1.29 is 9.59 Å². The van der Waals surface area contributed by atoms with E-state index in [1.165, 1.54) is 0 Å². The van der Waals surface area contributed by atoms with Gasteiger partial charge in [0, 0.05) is 36.1 Å². The van der Waals surface area contributed by atoms with E-state index in [2.05, 4.69) is 10.3 Å². The van der Waals surface area contributed by atoms with Crippen LogP contribution in [0.25, 0.3) is 0 Å². The molecule has 0 aliphatic carbocycles. The van der Waals surface area contributed by atoms with Crippen molar-refractivity contribution >= 4 is 29.1 Å². The Balaban J connectivity index is 1.59. The molecule has 1 aliphatic heterocycles. The molecule has 1 N–H and O–H groups in total. The van der Waals surface area contributed by atoms with Crippen LogP contribution in [0.1, 0.15) is 12.0 Å². The van der Waals surface area contributed by atoms with Gasteiger partial charge in [0.25, 0.3) is 0 Å². The van der Waals surface area contributed by atoms with Crippen LogP contribution in [-0.4, -0.2) is 29.4 Å². The first kappa shape index (κ1) is 15.5. The topological polar surface area (TPSA) is 62.3 Å². The molecule has 2 heterocycles. The molecular formula is C17H16ClN3O2. The maximum absolute atomic E-state index is 12.1. The fraction of sp³-hybridized carbons (Fsp3) is 0.235. The number of carbonyl (C=O) groups is 2. The third kappa shape index (κ3) is 3.87. The lowest BCUT2D eigenvalue weighted by Gasteiger charge is -2.17. The molecule has 1 fully saturated rings. The average Bonchev–Trinajstić information content (AvgIpc) is 2.89. The third-order valence-corrected chi connectivity index (χ3v) is 3.97. The van der Waals surface area contributed by atoms with Gasteiger partial charge in [-0.1, -0.05) is 17.7 Å². The maximum atomic E-state index is 12.1.